The molecule has 2 aromatic rings. The lowest BCUT2D eigenvalue weighted by molar-refractivity contribution is -0.137. The van der Waals surface area contributed by atoms with Crippen molar-refractivity contribution in [1.82, 2.24) is 4.98 Å². The van der Waals surface area contributed by atoms with Crippen molar-refractivity contribution in [3.8, 4) is 0 Å². The summed E-state index contributed by atoms with van der Waals surface area (Å²) in [5.41, 5.74) is 5.76. The van der Waals surface area contributed by atoms with Crippen LogP contribution in [0.2, 0.25) is 10.0 Å². The van der Waals surface area contributed by atoms with E-state index in [1.54, 1.807) is 12.1 Å². The zero-order valence-electron chi connectivity index (χ0n) is 11.3. The third-order valence-electron chi connectivity index (χ3n) is 2.86. The number of rotatable bonds is 3. The fourth-order valence-corrected chi connectivity index (χ4v) is 3.15. The van der Waals surface area contributed by atoms with Crippen molar-refractivity contribution in [2.24, 2.45) is 10.7 Å². The molecular formula is C14H9Cl2F3IN3. The molecule has 0 atom stereocenters. The van der Waals surface area contributed by atoms with E-state index >= 15 is 0 Å². The maximum atomic E-state index is 12.6. The number of alkyl halides is 3. The summed E-state index contributed by atoms with van der Waals surface area (Å²) >= 11 is 14.0. The average molecular weight is 474 g/mol. The summed E-state index contributed by atoms with van der Waals surface area (Å²) in [5, 5.41) is 0.315. The maximum absolute atomic E-state index is 12.6. The van der Waals surface area contributed by atoms with Gasteiger partial charge < -0.3 is 5.73 Å². The van der Waals surface area contributed by atoms with Crippen LogP contribution < -0.4 is 5.73 Å². The van der Waals surface area contributed by atoms with E-state index in [-0.39, 0.29) is 23.1 Å². The first kappa shape index (κ1) is 18.3. The molecule has 9 heteroatoms. The smallest absolute Gasteiger partial charge is 0.383 e. The number of hydrogen-bond acceptors (Lipinski definition) is 2. The van der Waals surface area contributed by atoms with Gasteiger partial charge in [0, 0.05) is 15.3 Å². The molecular weight excluding hydrogens is 465 g/mol. The molecule has 23 heavy (non-hydrogen) atoms. The lowest BCUT2D eigenvalue weighted by Crippen LogP contribution is -2.16. The van der Waals surface area contributed by atoms with Crippen molar-refractivity contribution in [2.75, 3.05) is 0 Å². The van der Waals surface area contributed by atoms with Gasteiger partial charge >= 0.3 is 6.18 Å². The number of aliphatic imine (C=N–C) groups is 1. The zero-order valence-corrected chi connectivity index (χ0v) is 15.0. The summed E-state index contributed by atoms with van der Waals surface area (Å²) in [7, 11) is 0. The number of aromatic nitrogens is 1. The van der Waals surface area contributed by atoms with Gasteiger partial charge in [0.25, 0.3) is 0 Å². The van der Waals surface area contributed by atoms with Crippen LogP contribution in [0, 0.1) is 3.57 Å². The Balaban J connectivity index is 2.26. The molecule has 0 saturated carbocycles. The summed E-state index contributed by atoms with van der Waals surface area (Å²) in [6, 6.07) is 6.07. The van der Waals surface area contributed by atoms with Crippen LogP contribution in [0.5, 0.6) is 0 Å². The Labute approximate surface area is 153 Å². The molecule has 2 rings (SSSR count). The molecule has 0 radical (unpaired) electrons. The quantitative estimate of drug-likeness (QED) is 0.391. The van der Waals surface area contributed by atoms with Crippen molar-refractivity contribution in [2.45, 2.75) is 12.7 Å². The van der Waals surface area contributed by atoms with Gasteiger partial charge in [-0.25, -0.2) is 0 Å². The van der Waals surface area contributed by atoms with E-state index in [2.05, 4.69) is 32.6 Å². The van der Waals surface area contributed by atoms with E-state index in [1.807, 2.05) is 6.07 Å². The van der Waals surface area contributed by atoms with E-state index in [0.717, 1.165) is 9.64 Å². The van der Waals surface area contributed by atoms with Crippen molar-refractivity contribution >= 4 is 51.6 Å². The van der Waals surface area contributed by atoms with Crippen molar-refractivity contribution < 1.29 is 13.2 Å². The molecule has 0 aliphatic carbocycles. The van der Waals surface area contributed by atoms with Gasteiger partial charge in [0.05, 0.1) is 27.8 Å². The van der Waals surface area contributed by atoms with Gasteiger partial charge in [0.1, 0.15) is 5.84 Å². The molecule has 122 valence electrons. The molecule has 2 N–H and O–H groups in total. The van der Waals surface area contributed by atoms with E-state index in [4.69, 9.17) is 28.9 Å². The monoisotopic (exact) mass is 473 g/mol. The van der Waals surface area contributed by atoms with E-state index in [1.165, 1.54) is 0 Å². The van der Waals surface area contributed by atoms with Gasteiger partial charge in [-0.3, -0.25) is 9.98 Å². The third kappa shape index (κ3) is 4.48. The number of amidine groups is 1. The second-order valence-corrected chi connectivity index (χ2v) is 6.42. The molecule has 1 aromatic carbocycles. The van der Waals surface area contributed by atoms with Crippen molar-refractivity contribution in [1.29, 1.82) is 0 Å². The van der Waals surface area contributed by atoms with E-state index in [0.29, 0.717) is 16.8 Å². The second-order valence-electron chi connectivity index (χ2n) is 4.45. The minimum absolute atomic E-state index is 0.0515. The Kier molecular flexibility index (Phi) is 5.74. The summed E-state index contributed by atoms with van der Waals surface area (Å²) < 4.78 is 38.5. The molecule has 0 fully saturated rings. The molecule has 1 heterocycles. The first-order valence-corrected chi connectivity index (χ1v) is 7.99. The molecule has 0 aliphatic heterocycles. The van der Waals surface area contributed by atoms with Crippen LogP contribution in [0.1, 0.15) is 16.8 Å². The molecule has 0 amide bonds. The lowest BCUT2D eigenvalue weighted by atomic mass is 10.2. The Morgan fingerprint density at radius 3 is 2.52 bits per heavy atom. The van der Waals surface area contributed by atoms with Crippen LogP contribution >= 0.6 is 45.8 Å². The molecule has 0 saturated heterocycles. The molecule has 0 bridgehead atoms. The first-order chi connectivity index (χ1) is 10.7. The average Bonchev–Trinajstić information content (AvgIpc) is 2.44. The van der Waals surface area contributed by atoms with Crippen LogP contribution in [-0.4, -0.2) is 10.8 Å². The number of halogens is 6. The molecule has 0 spiro atoms. The summed E-state index contributed by atoms with van der Waals surface area (Å²) in [5.74, 6) is 0.165. The van der Waals surface area contributed by atoms with Gasteiger partial charge in [-0.15, -0.1) is 0 Å². The van der Waals surface area contributed by atoms with Gasteiger partial charge in [-0.2, -0.15) is 13.2 Å². The van der Waals surface area contributed by atoms with E-state index < -0.39 is 11.7 Å². The van der Waals surface area contributed by atoms with Crippen LogP contribution in [0.3, 0.4) is 0 Å². The SMILES string of the molecule is NC(=NCc1ncc(C(F)(F)F)cc1Cl)c1c(Cl)cccc1I. The van der Waals surface area contributed by atoms with Gasteiger partial charge in [-0.05, 0) is 40.8 Å². The highest BCUT2D eigenvalue weighted by atomic mass is 127. The molecule has 1 aromatic heterocycles. The Morgan fingerprint density at radius 2 is 1.96 bits per heavy atom. The minimum Gasteiger partial charge on any atom is -0.383 e. The summed E-state index contributed by atoms with van der Waals surface area (Å²) in [6.07, 6.45) is -3.78. The van der Waals surface area contributed by atoms with Crippen LogP contribution in [0.25, 0.3) is 0 Å². The molecule has 0 aliphatic rings. The van der Waals surface area contributed by atoms with Gasteiger partial charge in [0.15, 0.2) is 0 Å². The summed E-state index contributed by atoms with van der Waals surface area (Å²) in [4.78, 5) is 7.82. The van der Waals surface area contributed by atoms with E-state index in [9.17, 15) is 13.2 Å². The number of hydrogen-bond donors (Lipinski definition) is 1. The Bertz CT molecular complexity index is 743. The molecule has 3 nitrogen and oxygen atoms in total. The third-order valence-corrected chi connectivity index (χ3v) is 4.40. The zero-order chi connectivity index (χ0) is 17.2. The van der Waals surface area contributed by atoms with Crippen LogP contribution in [0.4, 0.5) is 13.2 Å². The lowest BCUT2D eigenvalue weighted by Gasteiger charge is -2.09. The first-order valence-electron chi connectivity index (χ1n) is 6.16. The fraction of sp³-hybridized carbons (Fsp3) is 0.143. The highest BCUT2D eigenvalue weighted by Gasteiger charge is 2.31. The topological polar surface area (TPSA) is 51.3 Å². The number of pyridine rings is 1. The highest BCUT2D eigenvalue weighted by molar-refractivity contribution is 14.1. The van der Waals surface area contributed by atoms with Gasteiger partial charge in [0.2, 0.25) is 0 Å². The number of benzene rings is 1. The highest BCUT2D eigenvalue weighted by Crippen LogP contribution is 2.31. The molecule has 0 unspecified atom stereocenters. The second kappa shape index (κ2) is 7.23. The largest absolute Gasteiger partial charge is 0.417 e. The van der Waals surface area contributed by atoms with Crippen molar-refractivity contribution in [3.05, 3.63) is 60.9 Å². The van der Waals surface area contributed by atoms with Gasteiger partial charge in [-0.1, -0.05) is 29.3 Å². The Hall–Kier alpha value is -1.06. The normalized spacial score (nSPS) is 12.5. The predicted octanol–water partition coefficient (Wildman–Crippen LogP) is 4.92. The number of nitrogens with two attached hydrogens (primary N) is 1. The minimum atomic E-state index is -4.49. The number of nitrogens with zero attached hydrogens (tertiary/aromatic N) is 2. The fourth-order valence-electron chi connectivity index (χ4n) is 1.72. The predicted molar refractivity (Wildman–Crippen MR) is 92.8 cm³/mol. The van der Waals surface area contributed by atoms with Crippen LogP contribution in [-0.2, 0) is 12.7 Å². The maximum Gasteiger partial charge on any atom is 0.417 e. The van der Waals surface area contributed by atoms with Crippen LogP contribution in [0.15, 0.2) is 35.5 Å². The van der Waals surface area contributed by atoms with Crippen molar-refractivity contribution in [3.63, 3.8) is 0 Å². The summed E-state index contributed by atoms with van der Waals surface area (Å²) in [6.45, 7) is -0.0515. The standard InChI is InChI=1S/C14H9Cl2F3IN3/c15-8-2-1-3-10(20)12(8)13(21)23-6-11-9(16)4-7(5-22-11)14(17,18)19/h1-5H,6H2,(H2,21,23). The Morgan fingerprint density at radius 1 is 1.26 bits per heavy atom.